The maximum absolute atomic E-state index is 13.3. The van der Waals surface area contributed by atoms with E-state index in [-0.39, 0.29) is 11.9 Å². The zero-order chi connectivity index (χ0) is 20.2. The number of piperidine rings is 1. The summed E-state index contributed by atoms with van der Waals surface area (Å²) in [7, 11) is 0. The smallest absolute Gasteiger partial charge is 0.268 e. The minimum absolute atomic E-state index is 0.00136. The van der Waals surface area contributed by atoms with Gasteiger partial charge in [0.05, 0.1) is 17.4 Å². The van der Waals surface area contributed by atoms with Gasteiger partial charge in [0.1, 0.15) is 10.7 Å². The molecule has 1 fully saturated rings. The van der Waals surface area contributed by atoms with Crippen molar-refractivity contribution in [2.75, 3.05) is 6.54 Å². The topological polar surface area (TPSA) is 84.8 Å². The van der Waals surface area contributed by atoms with Crippen LogP contribution in [0.3, 0.4) is 0 Å². The summed E-state index contributed by atoms with van der Waals surface area (Å²) < 4.78 is 3.95. The third-order valence-corrected chi connectivity index (χ3v) is 6.07. The van der Waals surface area contributed by atoms with Gasteiger partial charge in [0.2, 0.25) is 0 Å². The molecule has 3 aromatic heterocycles. The van der Waals surface area contributed by atoms with Crippen molar-refractivity contribution in [2.45, 2.75) is 52.0 Å². The normalized spacial score (nSPS) is 16.8. The summed E-state index contributed by atoms with van der Waals surface area (Å²) >= 11 is 1.17. The van der Waals surface area contributed by atoms with Crippen LogP contribution in [-0.2, 0) is 6.42 Å². The first kappa shape index (κ1) is 19.6. The van der Waals surface area contributed by atoms with Crippen molar-refractivity contribution in [1.82, 2.24) is 29.4 Å². The van der Waals surface area contributed by atoms with Gasteiger partial charge in [0.15, 0.2) is 0 Å². The highest BCUT2D eigenvalue weighted by Gasteiger charge is 2.33. The van der Waals surface area contributed by atoms with Crippen molar-refractivity contribution in [2.24, 2.45) is 0 Å². The van der Waals surface area contributed by atoms with Crippen LogP contribution in [0.1, 0.15) is 65.5 Å². The maximum atomic E-state index is 13.3. The number of carbonyl (C=O) groups is 1. The summed E-state index contributed by atoms with van der Waals surface area (Å²) in [6.45, 7) is 4.67. The molecule has 0 saturated carbocycles. The fraction of sp³-hybridized carbons (Fsp3) is 0.429. The van der Waals surface area contributed by atoms with Gasteiger partial charge in [0.25, 0.3) is 5.91 Å². The van der Waals surface area contributed by atoms with Gasteiger partial charge in [-0.15, -0.1) is 5.10 Å². The molecule has 1 saturated heterocycles. The van der Waals surface area contributed by atoms with E-state index in [0.717, 1.165) is 54.7 Å². The van der Waals surface area contributed by atoms with Crippen LogP contribution in [0.5, 0.6) is 0 Å². The van der Waals surface area contributed by atoms with Crippen LogP contribution in [0.4, 0.5) is 0 Å². The minimum Gasteiger partial charge on any atom is -0.329 e. The lowest BCUT2D eigenvalue weighted by molar-refractivity contribution is 0.0610. The molecule has 0 unspecified atom stereocenters. The Morgan fingerprint density at radius 2 is 2.10 bits per heavy atom. The molecule has 0 aromatic carbocycles. The third kappa shape index (κ3) is 4.03. The minimum atomic E-state index is -0.0838. The predicted molar refractivity (Wildman–Crippen MR) is 112 cm³/mol. The molecule has 8 heteroatoms. The number of aryl methyl sites for hydroxylation is 2. The van der Waals surface area contributed by atoms with E-state index in [1.54, 1.807) is 12.4 Å². The van der Waals surface area contributed by atoms with E-state index in [0.29, 0.717) is 17.1 Å². The van der Waals surface area contributed by atoms with Gasteiger partial charge in [-0.2, -0.15) is 0 Å². The lowest BCUT2D eigenvalue weighted by Crippen LogP contribution is -2.39. The van der Waals surface area contributed by atoms with Crippen LogP contribution in [0.15, 0.2) is 30.7 Å². The molecule has 7 nitrogen and oxygen atoms in total. The van der Waals surface area contributed by atoms with Crippen LogP contribution in [0, 0.1) is 6.92 Å². The molecule has 0 bridgehead atoms. The molecule has 1 amide bonds. The van der Waals surface area contributed by atoms with E-state index in [4.69, 9.17) is 4.98 Å². The molecule has 0 aliphatic carbocycles. The van der Waals surface area contributed by atoms with Gasteiger partial charge in [-0.3, -0.25) is 9.78 Å². The summed E-state index contributed by atoms with van der Waals surface area (Å²) in [4.78, 5) is 29.6. The average molecular weight is 409 g/mol. The van der Waals surface area contributed by atoms with Gasteiger partial charge < -0.3 is 4.90 Å². The maximum Gasteiger partial charge on any atom is 0.268 e. The van der Waals surface area contributed by atoms with Crippen LogP contribution < -0.4 is 0 Å². The Bertz CT molecular complexity index is 990. The third-order valence-electron chi connectivity index (χ3n) is 5.26. The van der Waals surface area contributed by atoms with E-state index in [1.165, 1.54) is 11.5 Å². The highest BCUT2D eigenvalue weighted by atomic mass is 32.1. The van der Waals surface area contributed by atoms with Gasteiger partial charge in [-0.05, 0) is 61.8 Å². The molecule has 0 radical (unpaired) electrons. The summed E-state index contributed by atoms with van der Waals surface area (Å²) in [6, 6.07) is 3.85. The largest absolute Gasteiger partial charge is 0.329 e. The van der Waals surface area contributed by atoms with Crippen LogP contribution in [0.25, 0.3) is 11.1 Å². The Morgan fingerprint density at radius 1 is 1.28 bits per heavy atom. The van der Waals surface area contributed by atoms with Gasteiger partial charge >= 0.3 is 0 Å². The molecular weight excluding hydrogens is 384 g/mol. The second-order valence-corrected chi connectivity index (χ2v) is 8.02. The van der Waals surface area contributed by atoms with E-state index in [2.05, 4.69) is 26.5 Å². The second-order valence-electron chi connectivity index (χ2n) is 7.27. The van der Waals surface area contributed by atoms with E-state index >= 15 is 0 Å². The SMILES string of the molecule is CCCc1ncc(-c2ccncc2)c([C@H]2CCCCN2C(=O)c2snnc2C)n1. The molecule has 4 heterocycles. The number of likely N-dealkylation sites (tertiary alicyclic amines) is 1. The van der Waals surface area contributed by atoms with Crippen molar-refractivity contribution in [3.63, 3.8) is 0 Å². The number of pyridine rings is 1. The number of hydrogen-bond acceptors (Lipinski definition) is 7. The number of hydrogen-bond donors (Lipinski definition) is 0. The molecule has 0 N–H and O–H groups in total. The fourth-order valence-corrected chi connectivity index (χ4v) is 4.42. The number of aromatic nitrogens is 5. The average Bonchev–Trinajstić information content (AvgIpc) is 3.20. The molecule has 29 heavy (non-hydrogen) atoms. The first-order valence-corrected chi connectivity index (χ1v) is 10.8. The van der Waals surface area contributed by atoms with Crippen LogP contribution in [0.2, 0.25) is 0 Å². The Morgan fingerprint density at radius 3 is 2.83 bits per heavy atom. The first-order chi connectivity index (χ1) is 14.2. The summed E-state index contributed by atoms with van der Waals surface area (Å²) in [5.41, 5.74) is 3.61. The lowest BCUT2D eigenvalue weighted by atomic mass is 9.93. The van der Waals surface area contributed by atoms with Crippen molar-refractivity contribution >= 4 is 17.4 Å². The highest BCUT2D eigenvalue weighted by Crippen LogP contribution is 2.36. The quantitative estimate of drug-likeness (QED) is 0.634. The Hall–Kier alpha value is -2.74. The van der Waals surface area contributed by atoms with Crippen molar-refractivity contribution in [3.8, 4) is 11.1 Å². The van der Waals surface area contributed by atoms with Crippen molar-refractivity contribution < 1.29 is 4.79 Å². The number of carbonyl (C=O) groups excluding carboxylic acids is 1. The number of nitrogens with zero attached hydrogens (tertiary/aromatic N) is 6. The molecule has 4 rings (SSSR count). The number of amides is 1. The zero-order valence-electron chi connectivity index (χ0n) is 16.7. The van der Waals surface area contributed by atoms with Gasteiger partial charge in [0, 0.05) is 37.1 Å². The lowest BCUT2D eigenvalue weighted by Gasteiger charge is -2.36. The summed E-state index contributed by atoms with van der Waals surface area (Å²) in [5.74, 6) is 0.826. The fourth-order valence-electron chi connectivity index (χ4n) is 3.80. The van der Waals surface area contributed by atoms with Gasteiger partial charge in [-0.1, -0.05) is 11.4 Å². The monoisotopic (exact) mass is 408 g/mol. The van der Waals surface area contributed by atoms with E-state index in [9.17, 15) is 4.79 Å². The summed E-state index contributed by atoms with van der Waals surface area (Å²) in [5, 5.41) is 4.02. The van der Waals surface area contributed by atoms with Crippen LogP contribution >= 0.6 is 11.5 Å². The van der Waals surface area contributed by atoms with E-state index < -0.39 is 0 Å². The van der Waals surface area contributed by atoms with Crippen LogP contribution in [-0.4, -0.2) is 41.9 Å². The van der Waals surface area contributed by atoms with Gasteiger partial charge in [-0.25, -0.2) is 9.97 Å². The first-order valence-electron chi connectivity index (χ1n) is 10.0. The van der Waals surface area contributed by atoms with Crippen molar-refractivity contribution in [3.05, 3.63) is 52.8 Å². The molecular formula is C21H24N6OS. The Labute approximate surface area is 174 Å². The molecule has 0 spiro atoms. The molecule has 150 valence electrons. The van der Waals surface area contributed by atoms with E-state index in [1.807, 2.05) is 30.2 Å². The predicted octanol–water partition coefficient (Wildman–Crippen LogP) is 4.02. The van der Waals surface area contributed by atoms with Crippen molar-refractivity contribution in [1.29, 1.82) is 0 Å². The Kier molecular flexibility index (Phi) is 5.89. The molecule has 1 atom stereocenters. The standard InChI is InChI=1S/C21H24N6OS/c1-3-6-18-23-13-16(15-8-10-22-11-9-15)19(24-18)17-7-4-5-12-27(17)21(28)20-14(2)25-26-29-20/h8-11,13,17H,3-7,12H2,1-2H3/t17-/m1/s1. The second kappa shape index (κ2) is 8.73. The molecule has 1 aliphatic heterocycles. The molecule has 1 aliphatic rings. The highest BCUT2D eigenvalue weighted by molar-refractivity contribution is 7.07. The molecule has 3 aromatic rings. The summed E-state index contributed by atoms with van der Waals surface area (Å²) in [6.07, 6.45) is 10.2. The Balaban J connectivity index is 1.78. The number of rotatable bonds is 5. The zero-order valence-corrected chi connectivity index (χ0v) is 17.5.